The summed E-state index contributed by atoms with van der Waals surface area (Å²) in [7, 11) is 0. The van der Waals surface area contributed by atoms with Gasteiger partial charge < -0.3 is 0 Å². The molecule has 0 heterocycles. The van der Waals surface area contributed by atoms with E-state index in [1.807, 2.05) is 0 Å². The van der Waals surface area contributed by atoms with Gasteiger partial charge in [0, 0.05) is 0 Å². The smallest absolute Gasteiger partial charge is 0.166 e. The highest BCUT2D eigenvalue weighted by molar-refractivity contribution is 5.25. The summed E-state index contributed by atoms with van der Waals surface area (Å²) in [5.74, 6) is 0. The Kier molecular flexibility index (Phi) is 4.23. The number of hydrogen-bond donors (Lipinski definition) is 0. The van der Waals surface area contributed by atoms with E-state index in [0.717, 1.165) is 24.8 Å². The highest BCUT2D eigenvalue weighted by atomic mass is 19.4. The molecule has 0 saturated heterocycles. The Bertz CT molecular complexity index is 345. The second kappa shape index (κ2) is 5.11. The van der Waals surface area contributed by atoms with Crippen molar-refractivity contribution in [3.05, 3.63) is 35.4 Å². The predicted octanol–water partition coefficient (Wildman–Crippen LogP) is 5.07. The van der Waals surface area contributed by atoms with E-state index in [1.165, 1.54) is 12.1 Å². The molecule has 17 heavy (non-hydrogen) atoms. The zero-order valence-electron chi connectivity index (χ0n) is 10.6. The largest absolute Gasteiger partial charge is 0.416 e. The van der Waals surface area contributed by atoms with Crippen LogP contribution in [0.1, 0.15) is 44.7 Å². The van der Waals surface area contributed by atoms with E-state index < -0.39 is 11.7 Å². The molecule has 0 atom stereocenters. The molecule has 0 spiro atoms. The first-order chi connectivity index (χ1) is 7.80. The van der Waals surface area contributed by atoms with Gasteiger partial charge in [-0.3, -0.25) is 0 Å². The first-order valence-electron chi connectivity index (χ1n) is 5.97. The third-order valence-corrected chi connectivity index (χ3v) is 3.62. The number of rotatable bonds is 4. The molecule has 0 nitrogen and oxygen atoms in total. The van der Waals surface area contributed by atoms with E-state index >= 15 is 0 Å². The highest BCUT2D eigenvalue weighted by Gasteiger charge is 2.30. The molecule has 96 valence electrons. The predicted molar refractivity (Wildman–Crippen MR) is 63.8 cm³/mol. The molecule has 0 aromatic heterocycles. The molecule has 1 aromatic carbocycles. The van der Waals surface area contributed by atoms with Crippen LogP contribution in [-0.2, 0) is 12.6 Å². The normalized spacial score (nSPS) is 12.8. The van der Waals surface area contributed by atoms with Crippen molar-refractivity contribution in [2.75, 3.05) is 0 Å². The lowest BCUT2D eigenvalue weighted by atomic mass is 9.79. The molecule has 1 aromatic rings. The zero-order valence-corrected chi connectivity index (χ0v) is 10.6. The van der Waals surface area contributed by atoms with E-state index in [-0.39, 0.29) is 5.41 Å². The quantitative estimate of drug-likeness (QED) is 0.693. The zero-order chi connectivity index (χ0) is 13.1. The molecule has 1 rings (SSSR count). The molecule has 0 N–H and O–H groups in total. The van der Waals surface area contributed by atoms with E-state index in [0.29, 0.717) is 0 Å². The van der Waals surface area contributed by atoms with Gasteiger partial charge in [-0.25, -0.2) is 0 Å². The number of alkyl halides is 3. The molecule has 0 amide bonds. The number of hydrogen-bond acceptors (Lipinski definition) is 0. The maximum atomic E-state index is 12.4. The lowest BCUT2D eigenvalue weighted by molar-refractivity contribution is -0.137. The van der Waals surface area contributed by atoms with Crippen LogP contribution in [0.2, 0.25) is 0 Å². The summed E-state index contributed by atoms with van der Waals surface area (Å²) < 4.78 is 37.2. The van der Waals surface area contributed by atoms with Gasteiger partial charge >= 0.3 is 6.18 Å². The standard InChI is InChI=1S/C14H19F3/c1-4-13(3,5-2)10-11-6-8-12(9-7-11)14(15,16)17/h6-9H,4-5,10H2,1-3H3. The first kappa shape index (κ1) is 14.1. The molecular formula is C14H19F3. The van der Waals surface area contributed by atoms with Crippen molar-refractivity contribution in [1.82, 2.24) is 0 Å². The molecule has 0 unspecified atom stereocenters. The van der Waals surface area contributed by atoms with Gasteiger partial charge in [0.25, 0.3) is 0 Å². The minimum absolute atomic E-state index is 0.180. The molecule has 0 aliphatic heterocycles. The molecule has 0 aliphatic rings. The van der Waals surface area contributed by atoms with Gasteiger partial charge in [-0.1, -0.05) is 45.7 Å². The van der Waals surface area contributed by atoms with Crippen molar-refractivity contribution in [2.24, 2.45) is 5.41 Å². The molecule has 3 heteroatoms. The Morgan fingerprint density at radius 3 is 1.76 bits per heavy atom. The second-order valence-corrected chi connectivity index (χ2v) is 4.89. The van der Waals surface area contributed by atoms with Crippen molar-refractivity contribution in [1.29, 1.82) is 0 Å². The average molecular weight is 244 g/mol. The third kappa shape index (κ3) is 3.76. The Morgan fingerprint density at radius 2 is 1.41 bits per heavy atom. The lowest BCUT2D eigenvalue weighted by Crippen LogP contribution is -2.17. The maximum Gasteiger partial charge on any atom is 0.416 e. The van der Waals surface area contributed by atoms with Gasteiger partial charge in [0.1, 0.15) is 0 Å². The Labute approximate surface area is 101 Å². The van der Waals surface area contributed by atoms with Gasteiger partial charge in [0.15, 0.2) is 0 Å². The summed E-state index contributed by atoms with van der Waals surface area (Å²) in [6, 6.07) is 5.51. The second-order valence-electron chi connectivity index (χ2n) is 4.89. The highest BCUT2D eigenvalue weighted by Crippen LogP contribution is 2.32. The number of halogens is 3. The van der Waals surface area contributed by atoms with Crippen LogP contribution in [0, 0.1) is 5.41 Å². The van der Waals surface area contributed by atoms with E-state index in [2.05, 4.69) is 20.8 Å². The van der Waals surface area contributed by atoms with Gasteiger partial charge in [-0.2, -0.15) is 13.2 Å². The fraction of sp³-hybridized carbons (Fsp3) is 0.571. The summed E-state index contributed by atoms with van der Waals surface area (Å²) in [6.07, 6.45) is -1.34. The summed E-state index contributed by atoms with van der Waals surface area (Å²) in [5.41, 5.74) is 0.583. The van der Waals surface area contributed by atoms with Gasteiger partial charge in [0.05, 0.1) is 5.56 Å². The molecular weight excluding hydrogens is 225 g/mol. The van der Waals surface area contributed by atoms with Crippen LogP contribution in [-0.4, -0.2) is 0 Å². The topological polar surface area (TPSA) is 0 Å². The summed E-state index contributed by atoms with van der Waals surface area (Å²) in [4.78, 5) is 0. The molecule has 0 aliphatic carbocycles. The minimum Gasteiger partial charge on any atom is -0.166 e. The van der Waals surface area contributed by atoms with Gasteiger partial charge in [-0.15, -0.1) is 0 Å². The van der Waals surface area contributed by atoms with Crippen LogP contribution >= 0.6 is 0 Å². The van der Waals surface area contributed by atoms with E-state index in [9.17, 15) is 13.2 Å². The van der Waals surface area contributed by atoms with Crippen molar-refractivity contribution >= 4 is 0 Å². The third-order valence-electron chi connectivity index (χ3n) is 3.62. The van der Waals surface area contributed by atoms with Crippen LogP contribution < -0.4 is 0 Å². The van der Waals surface area contributed by atoms with Crippen molar-refractivity contribution in [2.45, 2.75) is 46.2 Å². The molecule has 0 saturated carbocycles. The van der Waals surface area contributed by atoms with Gasteiger partial charge in [0.2, 0.25) is 0 Å². The maximum absolute atomic E-state index is 12.4. The van der Waals surface area contributed by atoms with Crippen molar-refractivity contribution < 1.29 is 13.2 Å². The van der Waals surface area contributed by atoms with Crippen LogP contribution in [0.4, 0.5) is 13.2 Å². The Hall–Kier alpha value is -0.990. The summed E-state index contributed by atoms with van der Waals surface area (Å²) in [6.45, 7) is 6.41. The van der Waals surface area contributed by atoms with E-state index in [1.54, 1.807) is 12.1 Å². The molecule has 0 bridgehead atoms. The van der Waals surface area contributed by atoms with Crippen LogP contribution in [0.5, 0.6) is 0 Å². The van der Waals surface area contributed by atoms with Gasteiger partial charge in [-0.05, 0) is 29.5 Å². The van der Waals surface area contributed by atoms with Crippen LogP contribution in [0.3, 0.4) is 0 Å². The summed E-state index contributed by atoms with van der Waals surface area (Å²) in [5, 5.41) is 0. The Balaban J connectivity index is 2.82. The van der Waals surface area contributed by atoms with Crippen LogP contribution in [0.25, 0.3) is 0 Å². The first-order valence-corrected chi connectivity index (χ1v) is 5.97. The Morgan fingerprint density at radius 1 is 0.941 bits per heavy atom. The number of benzene rings is 1. The van der Waals surface area contributed by atoms with Crippen molar-refractivity contribution in [3.8, 4) is 0 Å². The van der Waals surface area contributed by atoms with Crippen molar-refractivity contribution in [3.63, 3.8) is 0 Å². The fourth-order valence-corrected chi connectivity index (χ4v) is 1.80. The average Bonchev–Trinajstić information content (AvgIpc) is 2.28. The van der Waals surface area contributed by atoms with Crippen LogP contribution in [0.15, 0.2) is 24.3 Å². The summed E-state index contributed by atoms with van der Waals surface area (Å²) >= 11 is 0. The fourth-order valence-electron chi connectivity index (χ4n) is 1.80. The monoisotopic (exact) mass is 244 g/mol. The lowest BCUT2D eigenvalue weighted by Gasteiger charge is -2.26. The SMILES string of the molecule is CCC(C)(CC)Cc1ccc(C(F)(F)F)cc1. The van der Waals surface area contributed by atoms with E-state index in [4.69, 9.17) is 0 Å². The molecule has 0 fully saturated rings. The minimum atomic E-state index is -4.24. The molecule has 0 radical (unpaired) electrons.